The lowest BCUT2D eigenvalue weighted by Gasteiger charge is -2.05. The SMILES string of the molecule is CS(=O)(=O)Nc1ccc(CCCCO)cc1. The summed E-state index contributed by atoms with van der Waals surface area (Å²) in [5.41, 5.74) is 1.72. The van der Waals surface area contributed by atoms with Crippen LogP contribution in [-0.4, -0.2) is 26.4 Å². The number of hydrogen-bond donors (Lipinski definition) is 2. The molecule has 0 aliphatic carbocycles. The Morgan fingerprint density at radius 2 is 1.81 bits per heavy atom. The Labute approximate surface area is 96.4 Å². The van der Waals surface area contributed by atoms with Crippen LogP contribution in [0.25, 0.3) is 0 Å². The molecule has 16 heavy (non-hydrogen) atoms. The van der Waals surface area contributed by atoms with Gasteiger partial charge in [-0.15, -0.1) is 0 Å². The quantitative estimate of drug-likeness (QED) is 0.742. The maximum absolute atomic E-state index is 11.0. The molecule has 0 heterocycles. The summed E-state index contributed by atoms with van der Waals surface area (Å²) in [5, 5.41) is 8.64. The van der Waals surface area contributed by atoms with Crippen molar-refractivity contribution in [1.82, 2.24) is 0 Å². The van der Waals surface area contributed by atoms with Crippen LogP contribution in [0, 0.1) is 0 Å². The minimum atomic E-state index is -3.19. The molecule has 2 N–H and O–H groups in total. The highest BCUT2D eigenvalue weighted by atomic mass is 32.2. The summed E-state index contributed by atoms with van der Waals surface area (Å²) in [5.74, 6) is 0. The number of aryl methyl sites for hydroxylation is 1. The van der Waals surface area contributed by atoms with Crippen molar-refractivity contribution in [3.05, 3.63) is 29.8 Å². The maximum Gasteiger partial charge on any atom is 0.229 e. The normalized spacial score (nSPS) is 11.4. The van der Waals surface area contributed by atoms with Gasteiger partial charge >= 0.3 is 0 Å². The minimum Gasteiger partial charge on any atom is -0.396 e. The fourth-order valence-corrected chi connectivity index (χ4v) is 1.96. The van der Waals surface area contributed by atoms with Gasteiger partial charge in [-0.2, -0.15) is 0 Å². The lowest BCUT2D eigenvalue weighted by atomic mass is 10.1. The van der Waals surface area contributed by atoms with Crippen molar-refractivity contribution in [2.75, 3.05) is 17.6 Å². The van der Waals surface area contributed by atoms with Gasteiger partial charge in [-0.3, -0.25) is 4.72 Å². The Balaban J connectivity index is 2.54. The lowest BCUT2D eigenvalue weighted by molar-refractivity contribution is 0.284. The number of unbranched alkanes of at least 4 members (excludes halogenated alkanes) is 1. The van der Waals surface area contributed by atoms with Gasteiger partial charge in [0.2, 0.25) is 10.0 Å². The molecule has 5 heteroatoms. The highest BCUT2D eigenvalue weighted by molar-refractivity contribution is 7.92. The van der Waals surface area contributed by atoms with E-state index in [2.05, 4.69) is 4.72 Å². The molecule has 0 unspecified atom stereocenters. The molecule has 1 aromatic rings. The van der Waals surface area contributed by atoms with E-state index in [9.17, 15) is 8.42 Å². The molecule has 0 saturated carbocycles. The molecule has 1 rings (SSSR count). The molecule has 90 valence electrons. The van der Waals surface area contributed by atoms with Crippen LogP contribution in [0.15, 0.2) is 24.3 Å². The molecule has 0 amide bonds. The average Bonchev–Trinajstić information content (AvgIpc) is 2.19. The third-order valence-electron chi connectivity index (χ3n) is 2.13. The number of anilines is 1. The van der Waals surface area contributed by atoms with Crippen LogP contribution in [0.2, 0.25) is 0 Å². The fourth-order valence-electron chi connectivity index (χ4n) is 1.39. The van der Waals surface area contributed by atoms with Gasteiger partial charge in [-0.05, 0) is 37.0 Å². The van der Waals surface area contributed by atoms with Crippen LogP contribution < -0.4 is 4.72 Å². The van der Waals surface area contributed by atoms with E-state index >= 15 is 0 Å². The van der Waals surface area contributed by atoms with Gasteiger partial charge in [0.05, 0.1) is 6.26 Å². The van der Waals surface area contributed by atoms with Crippen LogP contribution in [0.1, 0.15) is 18.4 Å². The van der Waals surface area contributed by atoms with Crippen LogP contribution in [0.5, 0.6) is 0 Å². The monoisotopic (exact) mass is 243 g/mol. The van der Waals surface area contributed by atoms with Crippen LogP contribution >= 0.6 is 0 Å². The zero-order chi connectivity index (χ0) is 12.0. The predicted molar refractivity (Wildman–Crippen MR) is 64.9 cm³/mol. The Hall–Kier alpha value is -1.07. The third-order valence-corrected chi connectivity index (χ3v) is 2.74. The number of benzene rings is 1. The molecule has 0 atom stereocenters. The van der Waals surface area contributed by atoms with Crippen molar-refractivity contribution in [2.24, 2.45) is 0 Å². The van der Waals surface area contributed by atoms with Crippen LogP contribution in [0.4, 0.5) is 5.69 Å². The average molecular weight is 243 g/mol. The zero-order valence-corrected chi connectivity index (χ0v) is 10.1. The van der Waals surface area contributed by atoms with Gasteiger partial charge in [0, 0.05) is 12.3 Å². The smallest absolute Gasteiger partial charge is 0.229 e. The first-order valence-corrected chi connectivity index (χ1v) is 7.08. The topological polar surface area (TPSA) is 66.4 Å². The van der Waals surface area contributed by atoms with Crippen molar-refractivity contribution in [2.45, 2.75) is 19.3 Å². The minimum absolute atomic E-state index is 0.216. The zero-order valence-electron chi connectivity index (χ0n) is 9.31. The molecule has 1 aromatic carbocycles. The van der Waals surface area contributed by atoms with Gasteiger partial charge in [-0.1, -0.05) is 12.1 Å². The number of nitrogens with one attached hydrogen (secondary N) is 1. The van der Waals surface area contributed by atoms with Crippen molar-refractivity contribution < 1.29 is 13.5 Å². The van der Waals surface area contributed by atoms with Crippen molar-refractivity contribution >= 4 is 15.7 Å². The summed E-state index contributed by atoms with van der Waals surface area (Å²) < 4.78 is 24.3. The Kier molecular flexibility index (Phi) is 4.76. The standard InChI is InChI=1S/C11H17NO3S/c1-16(14,15)12-11-7-5-10(6-8-11)4-2-3-9-13/h5-8,12-13H,2-4,9H2,1H3. The molecule has 0 radical (unpaired) electrons. The molecule has 0 aliphatic rings. The Bertz CT molecular complexity index is 411. The van der Waals surface area contributed by atoms with E-state index in [1.807, 2.05) is 12.1 Å². The summed E-state index contributed by atoms with van der Waals surface area (Å²) in [6.45, 7) is 0.216. The van der Waals surface area contributed by atoms with Gasteiger partial charge < -0.3 is 5.11 Å². The molecule has 0 saturated heterocycles. The lowest BCUT2D eigenvalue weighted by Crippen LogP contribution is -2.09. The summed E-state index contributed by atoms with van der Waals surface area (Å²) in [6, 6.07) is 7.28. The van der Waals surface area contributed by atoms with E-state index in [1.165, 1.54) is 0 Å². The summed E-state index contributed by atoms with van der Waals surface area (Å²) in [7, 11) is -3.19. The van der Waals surface area contributed by atoms with Crippen LogP contribution in [0.3, 0.4) is 0 Å². The van der Waals surface area contributed by atoms with E-state index < -0.39 is 10.0 Å². The second-order valence-corrected chi connectivity index (χ2v) is 5.50. The molecular formula is C11H17NO3S. The molecule has 4 nitrogen and oxygen atoms in total. The predicted octanol–water partition coefficient (Wildman–Crippen LogP) is 1.37. The summed E-state index contributed by atoms with van der Waals surface area (Å²) in [6.07, 6.45) is 3.76. The van der Waals surface area contributed by atoms with Gasteiger partial charge in [0.1, 0.15) is 0 Å². The van der Waals surface area contributed by atoms with Gasteiger partial charge in [0.15, 0.2) is 0 Å². The van der Waals surface area contributed by atoms with E-state index in [-0.39, 0.29) is 6.61 Å². The summed E-state index contributed by atoms with van der Waals surface area (Å²) >= 11 is 0. The highest BCUT2D eigenvalue weighted by Gasteiger charge is 2.01. The number of sulfonamides is 1. The largest absolute Gasteiger partial charge is 0.396 e. The second-order valence-electron chi connectivity index (χ2n) is 3.75. The number of aliphatic hydroxyl groups excluding tert-OH is 1. The number of rotatable bonds is 6. The summed E-state index contributed by atoms with van der Waals surface area (Å²) in [4.78, 5) is 0. The van der Waals surface area contributed by atoms with E-state index in [1.54, 1.807) is 12.1 Å². The first-order chi connectivity index (χ1) is 7.51. The first-order valence-electron chi connectivity index (χ1n) is 5.19. The highest BCUT2D eigenvalue weighted by Crippen LogP contribution is 2.12. The van der Waals surface area contributed by atoms with E-state index in [4.69, 9.17) is 5.11 Å². The number of aliphatic hydroxyl groups is 1. The maximum atomic E-state index is 11.0. The molecule has 0 spiro atoms. The van der Waals surface area contributed by atoms with E-state index in [0.717, 1.165) is 31.1 Å². The molecule has 0 bridgehead atoms. The number of hydrogen-bond acceptors (Lipinski definition) is 3. The van der Waals surface area contributed by atoms with Gasteiger partial charge in [0.25, 0.3) is 0 Å². The molecule has 0 aromatic heterocycles. The van der Waals surface area contributed by atoms with Crippen molar-refractivity contribution in [1.29, 1.82) is 0 Å². The molecule has 0 aliphatic heterocycles. The van der Waals surface area contributed by atoms with Crippen molar-refractivity contribution in [3.8, 4) is 0 Å². The van der Waals surface area contributed by atoms with Crippen LogP contribution in [-0.2, 0) is 16.4 Å². The second kappa shape index (κ2) is 5.86. The fraction of sp³-hybridized carbons (Fsp3) is 0.455. The van der Waals surface area contributed by atoms with E-state index in [0.29, 0.717) is 5.69 Å². The Morgan fingerprint density at radius 3 is 2.31 bits per heavy atom. The molecular weight excluding hydrogens is 226 g/mol. The Morgan fingerprint density at radius 1 is 1.19 bits per heavy atom. The first kappa shape index (κ1) is 13.0. The van der Waals surface area contributed by atoms with Crippen molar-refractivity contribution in [3.63, 3.8) is 0 Å². The van der Waals surface area contributed by atoms with Gasteiger partial charge in [-0.25, -0.2) is 8.42 Å². The third kappa shape index (κ3) is 5.14. The molecule has 0 fully saturated rings.